The Labute approximate surface area is 161 Å². The Morgan fingerprint density at radius 1 is 1.22 bits per heavy atom. The van der Waals surface area contributed by atoms with E-state index in [2.05, 4.69) is 6.92 Å². The second-order valence-corrected chi connectivity index (χ2v) is 7.68. The van der Waals surface area contributed by atoms with E-state index < -0.39 is 5.60 Å². The summed E-state index contributed by atoms with van der Waals surface area (Å²) in [6.07, 6.45) is 2.29. The molecule has 0 saturated carbocycles. The molecule has 1 heterocycles. The summed E-state index contributed by atoms with van der Waals surface area (Å²) in [7, 11) is 0. The molecular formula is C21H31NO5. The first-order valence-corrected chi connectivity index (χ1v) is 9.66. The highest BCUT2D eigenvalue weighted by Crippen LogP contribution is 2.36. The normalized spacial score (nSPS) is 16.5. The third-order valence-corrected chi connectivity index (χ3v) is 4.32. The average molecular weight is 377 g/mol. The van der Waals surface area contributed by atoms with Crippen LogP contribution in [-0.2, 0) is 20.7 Å². The second-order valence-electron chi connectivity index (χ2n) is 7.68. The van der Waals surface area contributed by atoms with Crippen molar-refractivity contribution in [2.75, 3.05) is 19.8 Å². The van der Waals surface area contributed by atoms with E-state index >= 15 is 0 Å². The minimum atomic E-state index is -0.515. The molecule has 0 spiro atoms. The van der Waals surface area contributed by atoms with Crippen LogP contribution in [0.15, 0.2) is 18.2 Å². The maximum Gasteiger partial charge on any atom is 0.410 e. The van der Waals surface area contributed by atoms with Crippen molar-refractivity contribution in [1.82, 2.24) is 4.90 Å². The zero-order chi connectivity index (χ0) is 20.0. The third kappa shape index (κ3) is 5.88. The van der Waals surface area contributed by atoms with Crippen molar-refractivity contribution in [3.05, 3.63) is 29.3 Å². The molecule has 1 unspecified atom stereocenters. The lowest BCUT2D eigenvalue weighted by atomic mass is 9.90. The Hall–Kier alpha value is -2.24. The van der Waals surface area contributed by atoms with E-state index in [9.17, 15) is 9.59 Å². The van der Waals surface area contributed by atoms with Crippen LogP contribution in [0.2, 0.25) is 0 Å². The van der Waals surface area contributed by atoms with Gasteiger partial charge in [-0.1, -0.05) is 19.4 Å². The van der Waals surface area contributed by atoms with Crippen molar-refractivity contribution in [3.63, 3.8) is 0 Å². The smallest absolute Gasteiger partial charge is 0.410 e. The van der Waals surface area contributed by atoms with Gasteiger partial charge in [0.25, 0.3) is 0 Å². The van der Waals surface area contributed by atoms with E-state index in [1.54, 1.807) is 6.92 Å². The summed E-state index contributed by atoms with van der Waals surface area (Å²) in [5.74, 6) is 0.262. The average Bonchev–Trinajstić information content (AvgIpc) is 2.59. The number of carbonyl (C=O) groups is 2. The van der Waals surface area contributed by atoms with Gasteiger partial charge < -0.3 is 19.1 Å². The number of carbonyl (C=O) groups excluding carboxylic acids is 2. The SMILES string of the molecule is CCCC1c2ccc(OCC(=O)OCC)cc2CCN1C(=O)OC(C)(C)C. The van der Waals surface area contributed by atoms with Gasteiger partial charge in [0.2, 0.25) is 0 Å². The molecule has 0 aromatic heterocycles. The molecule has 6 heteroatoms. The van der Waals surface area contributed by atoms with Gasteiger partial charge in [0.15, 0.2) is 6.61 Å². The van der Waals surface area contributed by atoms with Crippen molar-refractivity contribution in [2.24, 2.45) is 0 Å². The van der Waals surface area contributed by atoms with E-state index in [1.807, 2.05) is 43.9 Å². The molecule has 2 rings (SSSR count). The van der Waals surface area contributed by atoms with Crippen LogP contribution >= 0.6 is 0 Å². The van der Waals surface area contributed by atoms with Crippen molar-refractivity contribution >= 4 is 12.1 Å². The molecule has 0 radical (unpaired) electrons. The van der Waals surface area contributed by atoms with Crippen LogP contribution in [0.3, 0.4) is 0 Å². The number of ether oxygens (including phenoxy) is 3. The summed E-state index contributed by atoms with van der Waals surface area (Å²) in [6.45, 7) is 10.4. The Morgan fingerprint density at radius 2 is 1.96 bits per heavy atom. The van der Waals surface area contributed by atoms with Crippen LogP contribution in [0.4, 0.5) is 4.79 Å². The molecule has 1 atom stereocenters. The number of nitrogens with zero attached hydrogens (tertiary/aromatic N) is 1. The van der Waals surface area contributed by atoms with E-state index in [0.717, 1.165) is 30.4 Å². The topological polar surface area (TPSA) is 65.1 Å². The summed E-state index contributed by atoms with van der Waals surface area (Å²) in [5.41, 5.74) is 1.76. The maximum absolute atomic E-state index is 12.6. The Kier molecular flexibility index (Phi) is 7.11. The lowest BCUT2D eigenvalue weighted by molar-refractivity contribution is -0.145. The van der Waals surface area contributed by atoms with Gasteiger partial charge in [-0.2, -0.15) is 0 Å². The summed E-state index contributed by atoms with van der Waals surface area (Å²) in [6, 6.07) is 5.79. The first-order valence-electron chi connectivity index (χ1n) is 9.66. The Balaban J connectivity index is 2.15. The largest absolute Gasteiger partial charge is 0.482 e. The zero-order valence-electron chi connectivity index (χ0n) is 17.0. The standard InChI is InChI=1S/C21H31NO5/c1-6-8-18-17-10-9-16(26-14-19(23)25-7-2)13-15(17)11-12-22(18)20(24)27-21(3,4)5/h9-10,13,18H,6-8,11-12,14H2,1-5H3. The van der Waals surface area contributed by atoms with Gasteiger partial charge in [-0.15, -0.1) is 0 Å². The highest BCUT2D eigenvalue weighted by Gasteiger charge is 2.33. The van der Waals surface area contributed by atoms with Crippen molar-refractivity contribution in [3.8, 4) is 5.75 Å². The minimum absolute atomic E-state index is 0.00675. The summed E-state index contributed by atoms with van der Waals surface area (Å²) in [5, 5.41) is 0. The maximum atomic E-state index is 12.6. The lowest BCUT2D eigenvalue weighted by Crippen LogP contribution is -2.43. The fraction of sp³-hybridized carbons (Fsp3) is 0.619. The molecular weight excluding hydrogens is 346 g/mol. The molecule has 27 heavy (non-hydrogen) atoms. The van der Waals surface area contributed by atoms with Crippen LogP contribution < -0.4 is 4.74 Å². The Bertz CT molecular complexity index is 665. The van der Waals surface area contributed by atoms with Gasteiger partial charge in [-0.05, 0) is 63.8 Å². The number of amides is 1. The quantitative estimate of drug-likeness (QED) is 0.693. The lowest BCUT2D eigenvalue weighted by Gasteiger charge is -2.38. The fourth-order valence-corrected chi connectivity index (χ4v) is 3.25. The van der Waals surface area contributed by atoms with Gasteiger partial charge in [0.05, 0.1) is 12.6 Å². The summed E-state index contributed by atoms with van der Waals surface area (Å²) >= 11 is 0. The number of benzene rings is 1. The van der Waals surface area contributed by atoms with Gasteiger partial charge in [0, 0.05) is 6.54 Å². The van der Waals surface area contributed by atoms with Gasteiger partial charge in [-0.3, -0.25) is 0 Å². The van der Waals surface area contributed by atoms with Gasteiger partial charge in [-0.25, -0.2) is 9.59 Å². The molecule has 0 aliphatic carbocycles. The minimum Gasteiger partial charge on any atom is -0.482 e. The third-order valence-electron chi connectivity index (χ3n) is 4.32. The molecule has 0 N–H and O–H groups in total. The first kappa shape index (κ1) is 21.1. The number of rotatable bonds is 6. The number of esters is 1. The monoisotopic (exact) mass is 377 g/mol. The van der Waals surface area contributed by atoms with E-state index in [0.29, 0.717) is 18.9 Å². The number of fused-ring (bicyclic) bond motifs is 1. The first-order chi connectivity index (χ1) is 12.7. The van der Waals surface area contributed by atoms with Crippen LogP contribution in [0.25, 0.3) is 0 Å². The van der Waals surface area contributed by atoms with Crippen LogP contribution in [-0.4, -0.2) is 42.3 Å². The molecule has 6 nitrogen and oxygen atoms in total. The van der Waals surface area contributed by atoms with E-state index in [1.165, 1.54) is 0 Å². The second kappa shape index (κ2) is 9.11. The molecule has 1 aliphatic rings. The van der Waals surface area contributed by atoms with Crippen LogP contribution in [0, 0.1) is 0 Å². The predicted molar refractivity (Wildman–Crippen MR) is 103 cm³/mol. The highest BCUT2D eigenvalue weighted by molar-refractivity contribution is 5.71. The fourth-order valence-electron chi connectivity index (χ4n) is 3.25. The molecule has 1 amide bonds. The highest BCUT2D eigenvalue weighted by atomic mass is 16.6. The number of hydrogen-bond donors (Lipinski definition) is 0. The Morgan fingerprint density at radius 3 is 2.59 bits per heavy atom. The van der Waals surface area contributed by atoms with E-state index in [4.69, 9.17) is 14.2 Å². The predicted octanol–water partition coefficient (Wildman–Crippen LogP) is 4.26. The molecule has 1 aromatic carbocycles. The molecule has 0 fully saturated rings. The van der Waals surface area contributed by atoms with Crippen LogP contribution in [0.5, 0.6) is 5.75 Å². The molecule has 1 aromatic rings. The zero-order valence-corrected chi connectivity index (χ0v) is 17.0. The van der Waals surface area contributed by atoms with Crippen molar-refractivity contribution in [1.29, 1.82) is 0 Å². The van der Waals surface area contributed by atoms with Crippen molar-refractivity contribution in [2.45, 2.75) is 65.5 Å². The van der Waals surface area contributed by atoms with Crippen molar-refractivity contribution < 1.29 is 23.8 Å². The summed E-state index contributed by atoms with van der Waals surface area (Å²) < 4.78 is 16.0. The number of hydrogen-bond acceptors (Lipinski definition) is 5. The molecule has 0 bridgehead atoms. The van der Waals surface area contributed by atoms with Gasteiger partial charge in [0.1, 0.15) is 11.4 Å². The molecule has 150 valence electrons. The van der Waals surface area contributed by atoms with E-state index in [-0.39, 0.29) is 24.7 Å². The molecule has 1 aliphatic heterocycles. The molecule has 0 saturated heterocycles. The van der Waals surface area contributed by atoms with Gasteiger partial charge >= 0.3 is 12.1 Å². The van der Waals surface area contributed by atoms with Crippen LogP contribution in [0.1, 0.15) is 64.6 Å². The summed E-state index contributed by atoms with van der Waals surface area (Å²) in [4.78, 5) is 25.9.